The number of furan rings is 1. The maximum absolute atomic E-state index is 12.5. The Bertz CT molecular complexity index is 1180. The molecule has 1 aromatic carbocycles. The predicted octanol–water partition coefficient (Wildman–Crippen LogP) is 5.12. The van der Waals surface area contributed by atoms with Crippen LogP contribution in [0.25, 0.3) is 11.6 Å². The Morgan fingerprint density at radius 1 is 1.06 bits per heavy atom. The summed E-state index contributed by atoms with van der Waals surface area (Å²) >= 11 is 2.88. The monoisotopic (exact) mass is 480 g/mol. The van der Waals surface area contributed by atoms with E-state index in [1.54, 1.807) is 18.0 Å². The van der Waals surface area contributed by atoms with E-state index < -0.39 is 0 Å². The molecule has 0 spiro atoms. The van der Waals surface area contributed by atoms with Gasteiger partial charge in [-0.3, -0.25) is 9.36 Å². The lowest BCUT2D eigenvalue weighted by Crippen LogP contribution is -2.22. The number of hydrogen-bond acceptors (Lipinski definition) is 8. The molecule has 33 heavy (non-hydrogen) atoms. The van der Waals surface area contributed by atoms with E-state index in [0.717, 1.165) is 40.2 Å². The molecule has 3 aromatic heterocycles. The molecule has 1 amide bonds. The topological polar surface area (TPSA) is 98.7 Å². The minimum absolute atomic E-state index is 0.210. The SMILES string of the molecule is O=C(NCc1ccccc1)c1nnc(CSc2nnc(-c3ccco3)n2C2CCCCC2)s1. The number of hydrogen-bond donors (Lipinski definition) is 1. The van der Waals surface area contributed by atoms with Crippen LogP contribution < -0.4 is 5.32 Å². The average Bonchev–Trinajstić information content (AvgIpc) is 3.63. The molecule has 0 aliphatic heterocycles. The molecule has 0 radical (unpaired) electrons. The van der Waals surface area contributed by atoms with Gasteiger partial charge in [-0.2, -0.15) is 0 Å². The van der Waals surface area contributed by atoms with Gasteiger partial charge in [0, 0.05) is 12.6 Å². The van der Waals surface area contributed by atoms with Gasteiger partial charge >= 0.3 is 0 Å². The molecule has 1 saturated carbocycles. The van der Waals surface area contributed by atoms with E-state index in [-0.39, 0.29) is 5.91 Å². The zero-order valence-electron chi connectivity index (χ0n) is 18.0. The van der Waals surface area contributed by atoms with Crippen molar-refractivity contribution in [1.29, 1.82) is 0 Å². The molecule has 1 N–H and O–H groups in total. The molecule has 1 aliphatic rings. The van der Waals surface area contributed by atoms with Gasteiger partial charge in [-0.1, -0.05) is 72.7 Å². The van der Waals surface area contributed by atoms with Crippen molar-refractivity contribution < 1.29 is 9.21 Å². The van der Waals surface area contributed by atoms with Crippen LogP contribution in [-0.4, -0.2) is 30.9 Å². The summed E-state index contributed by atoms with van der Waals surface area (Å²) in [5.74, 6) is 1.87. The summed E-state index contributed by atoms with van der Waals surface area (Å²) in [6.07, 6.45) is 7.59. The number of benzene rings is 1. The summed E-state index contributed by atoms with van der Waals surface area (Å²) in [4.78, 5) is 12.5. The molecule has 8 nitrogen and oxygen atoms in total. The van der Waals surface area contributed by atoms with Gasteiger partial charge < -0.3 is 9.73 Å². The third kappa shape index (κ3) is 5.17. The van der Waals surface area contributed by atoms with E-state index in [1.807, 2.05) is 42.5 Å². The molecule has 1 aliphatic carbocycles. The number of aromatic nitrogens is 5. The zero-order chi connectivity index (χ0) is 22.5. The number of nitrogens with one attached hydrogen (secondary N) is 1. The number of rotatable bonds is 8. The van der Waals surface area contributed by atoms with E-state index in [0.29, 0.717) is 23.3 Å². The Hall–Kier alpha value is -2.98. The zero-order valence-corrected chi connectivity index (χ0v) is 19.6. The molecular weight excluding hydrogens is 456 g/mol. The number of thioether (sulfide) groups is 1. The number of nitrogens with zero attached hydrogens (tertiary/aromatic N) is 5. The predicted molar refractivity (Wildman–Crippen MR) is 127 cm³/mol. The summed E-state index contributed by atoms with van der Waals surface area (Å²) in [7, 11) is 0. The quantitative estimate of drug-likeness (QED) is 0.350. The van der Waals surface area contributed by atoms with Crippen LogP contribution in [0.3, 0.4) is 0 Å². The minimum Gasteiger partial charge on any atom is -0.461 e. The van der Waals surface area contributed by atoms with E-state index in [4.69, 9.17) is 4.42 Å². The second kappa shape index (κ2) is 10.3. The second-order valence-corrected chi connectivity index (χ2v) is 9.91. The summed E-state index contributed by atoms with van der Waals surface area (Å²) in [5, 5.41) is 22.1. The maximum Gasteiger partial charge on any atom is 0.282 e. The molecule has 3 heterocycles. The van der Waals surface area contributed by atoms with Crippen molar-refractivity contribution in [1.82, 2.24) is 30.3 Å². The van der Waals surface area contributed by atoms with Crippen molar-refractivity contribution in [2.75, 3.05) is 0 Å². The van der Waals surface area contributed by atoms with Crippen LogP contribution in [0.15, 0.2) is 58.3 Å². The molecule has 4 aromatic rings. The maximum atomic E-state index is 12.5. The van der Waals surface area contributed by atoms with Crippen LogP contribution in [0.5, 0.6) is 0 Å². The fraction of sp³-hybridized carbons (Fsp3) is 0.348. The van der Waals surface area contributed by atoms with Gasteiger partial charge in [0.1, 0.15) is 5.01 Å². The van der Waals surface area contributed by atoms with Crippen LogP contribution in [0, 0.1) is 0 Å². The molecule has 1 fully saturated rings. The summed E-state index contributed by atoms with van der Waals surface area (Å²) in [6.45, 7) is 0.462. The molecule has 0 saturated heterocycles. The summed E-state index contributed by atoms with van der Waals surface area (Å²) in [5.41, 5.74) is 1.04. The first-order valence-corrected chi connectivity index (χ1v) is 12.8. The Morgan fingerprint density at radius 2 is 1.91 bits per heavy atom. The number of carbonyl (C=O) groups excluding carboxylic acids is 1. The van der Waals surface area contributed by atoms with Crippen molar-refractivity contribution >= 4 is 29.0 Å². The van der Waals surface area contributed by atoms with Gasteiger partial charge in [-0.15, -0.1) is 20.4 Å². The van der Waals surface area contributed by atoms with Gasteiger partial charge in [0.2, 0.25) is 10.8 Å². The molecule has 0 atom stereocenters. The van der Waals surface area contributed by atoms with Gasteiger partial charge in [-0.25, -0.2) is 0 Å². The molecule has 5 rings (SSSR count). The average molecular weight is 481 g/mol. The van der Waals surface area contributed by atoms with Gasteiger partial charge in [0.05, 0.1) is 12.0 Å². The van der Waals surface area contributed by atoms with Crippen LogP contribution in [0.4, 0.5) is 0 Å². The molecular formula is C23H24N6O2S2. The smallest absolute Gasteiger partial charge is 0.282 e. The van der Waals surface area contributed by atoms with Crippen molar-refractivity contribution in [3.63, 3.8) is 0 Å². The second-order valence-electron chi connectivity index (χ2n) is 7.90. The first kappa shape index (κ1) is 21.8. The highest BCUT2D eigenvalue weighted by Gasteiger charge is 2.25. The Labute approximate surface area is 199 Å². The van der Waals surface area contributed by atoms with Crippen molar-refractivity contribution in [2.24, 2.45) is 0 Å². The fourth-order valence-corrected chi connectivity index (χ4v) is 5.75. The highest BCUT2D eigenvalue weighted by atomic mass is 32.2. The number of amides is 1. The Kier molecular flexibility index (Phi) is 6.82. The van der Waals surface area contributed by atoms with Crippen molar-refractivity contribution in [3.05, 3.63) is 64.3 Å². The van der Waals surface area contributed by atoms with Crippen molar-refractivity contribution in [3.8, 4) is 11.6 Å². The molecule has 10 heteroatoms. The van der Waals surface area contributed by atoms with E-state index in [2.05, 4.69) is 30.3 Å². The van der Waals surface area contributed by atoms with Gasteiger partial charge in [0.15, 0.2) is 10.9 Å². The van der Waals surface area contributed by atoms with Crippen LogP contribution >= 0.6 is 23.1 Å². The summed E-state index contributed by atoms with van der Waals surface area (Å²) < 4.78 is 7.83. The van der Waals surface area contributed by atoms with Crippen LogP contribution in [-0.2, 0) is 12.3 Å². The minimum atomic E-state index is -0.210. The van der Waals surface area contributed by atoms with E-state index in [9.17, 15) is 4.79 Å². The molecule has 0 bridgehead atoms. The highest BCUT2D eigenvalue weighted by Crippen LogP contribution is 2.36. The Morgan fingerprint density at radius 3 is 2.70 bits per heavy atom. The normalized spacial score (nSPS) is 14.4. The Balaban J connectivity index is 1.26. The molecule has 0 unspecified atom stereocenters. The van der Waals surface area contributed by atoms with Crippen LogP contribution in [0.2, 0.25) is 0 Å². The van der Waals surface area contributed by atoms with E-state index >= 15 is 0 Å². The first-order valence-electron chi connectivity index (χ1n) is 11.0. The fourth-order valence-electron chi connectivity index (χ4n) is 4.00. The third-order valence-corrected chi connectivity index (χ3v) is 7.69. The summed E-state index contributed by atoms with van der Waals surface area (Å²) in [6, 6.07) is 14.0. The number of carbonyl (C=O) groups is 1. The first-order chi connectivity index (χ1) is 16.3. The van der Waals surface area contributed by atoms with Crippen molar-refractivity contribution in [2.45, 2.75) is 55.6 Å². The molecule has 170 valence electrons. The van der Waals surface area contributed by atoms with E-state index in [1.165, 1.54) is 30.6 Å². The third-order valence-electron chi connectivity index (χ3n) is 5.63. The lowest BCUT2D eigenvalue weighted by atomic mass is 9.95. The highest BCUT2D eigenvalue weighted by molar-refractivity contribution is 7.98. The lowest BCUT2D eigenvalue weighted by Gasteiger charge is -2.25. The standard InChI is InChI=1S/C23H24N6O2S2/c30-21(24-14-16-8-3-1-4-9-16)22-27-25-19(33-22)15-32-23-28-26-20(18-12-7-13-31-18)29(23)17-10-5-2-6-11-17/h1,3-4,7-9,12-13,17H,2,5-6,10-11,14-15H2,(H,24,30). The van der Waals surface area contributed by atoms with Crippen LogP contribution in [0.1, 0.15) is 58.5 Å². The largest absolute Gasteiger partial charge is 0.461 e. The van der Waals surface area contributed by atoms with Gasteiger partial charge in [0.25, 0.3) is 5.91 Å². The lowest BCUT2D eigenvalue weighted by molar-refractivity contribution is 0.0950. The van der Waals surface area contributed by atoms with Gasteiger partial charge in [-0.05, 0) is 30.5 Å².